The Morgan fingerprint density at radius 2 is 1.32 bits per heavy atom. The zero-order valence-electron chi connectivity index (χ0n) is 10.9. The van der Waals surface area contributed by atoms with E-state index in [1.165, 1.54) is 0 Å². The maximum absolute atomic E-state index is 9.09. The second-order valence-electron chi connectivity index (χ2n) is 4.20. The van der Waals surface area contributed by atoms with Gasteiger partial charge < -0.3 is 0 Å². The third-order valence-corrected chi connectivity index (χ3v) is 4.10. The molecule has 22 heavy (non-hydrogen) atoms. The molecule has 0 heterocycles. The van der Waals surface area contributed by atoms with Crippen molar-refractivity contribution in [2.45, 2.75) is 0 Å². The minimum Gasteiger partial charge on any atom is -0.192 e. The van der Waals surface area contributed by atoms with Gasteiger partial charge in [0, 0.05) is 19.4 Å². The highest BCUT2D eigenvalue weighted by Gasteiger charge is 2.13. The Labute approximate surface area is 143 Å². The van der Waals surface area contributed by atoms with E-state index in [0.717, 1.165) is 10.0 Å². The summed E-state index contributed by atoms with van der Waals surface area (Å²) in [5, 5.41) is 37.2. The zero-order chi connectivity index (χ0) is 16.3. The summed E-state index contributed by atoms with van der Waals surface area (Å²) in [6, 6.07) is 14.2. The van der Waals surface area contributed by atoms with Crippen LogP contribution >= 0.6 is 31.9 Å². The Morgan fingerprint density at radius 3 is 1.86 bits per heavy atom. The summed E-state index contributed by atoms with van der Waals surface area (Å²) in [4.78, 5) is 0. The van der Waals surface area contributed by atoms with E-state index in [1.807, 2.05) is 24.3 Å². The van der Waals surface area contributed by atoms with Crippen molar-refractivity contribution >= 4 is 43.0 Å². The molecule has 0 spiro atoms. The van der Waals surface area contributed by atoms with Crippen molar-refractivity contribution in [3.63, 3.8) is 0 Å². The van der Waals surface area contributed by atoms with Crippen molar-refractivity contribution in [1.29, 1.82) is 21.0 Å². The molecule has 0 saturated carbocycles. The third-order valence-electron chi connectivity index (χ3n) is 2.99. The average molecular weight is 412 g/mol. The Kier molecular flexibility index (Phi) is 4.59. The van der Waals surface area contributed by atoms with Gasteiger partial charge in [-0.25, -0.2) is 0 Å². The van der Waals surface area contributed by atoms with Crippen LogP contribution in [0.5, 0.6) is 0 Å². The highest BCUT2D eigenvalue weighted by Crippen LogP contribution is 2.29. The van der Waals surface area contributed by atoms with Crippen LogP contribution in [0.4, 0.5) is 0 Å². The summed E-state index contributed by atoms with van der Waals surface area (Å²) >= 11 is 6.77. The van der Waals surface area contributed by atoms with E-state index in [2.05, 4.69) is 31.9 Å². The number of rotatable bonds is 0. The first kappa shape index (κ1) is 15.7. The van der Waals surface area contributed by atoms with Crippen molar-refractivity contribution < 1.29 is 0 Å². The standard InChI is InChI=1S/C16H4Br2N4/c17-12-1-9(10(5-19)6-20)2-14-13(11(7-21)8-22)4-16(18)15(14)3-12/h1-4H. The Hall–Kier alpha value is -2.64. The fraction of sp³-hybridized carbons (Fsp3) is 0. The summed E-state index contributed by atoms with van der Waals surface area (Å²) in [5.74, 6) is 0. The van der Waals surface area contributed by atoms with Gasteiger partial charge in [-0.2, -0.15) is 21.0 Å². The van der Waals surface area contributed by atoms with Gasteiger partial charge in [-0.3, -0.25) is 0 Å². The van der Waals surface area contributed by atoms with Crippen molar-refractivity contribution in [3.8, 4) is 35.4 Å². The molecule has 0 aromatic carbocycles. The molecular weight excluding hydrogens is 408 g/mol. The Morgan fingerprint density at radius 1 is 0.727 bits per heavy atom. The number of hydrogen-bond acceptors (Lipinski definition) is 4. The van der Waals surface area contributed by atoms with Gasteiger partial charge in [0.15, 0.2) is 0 Å². The summed E-state index contributed by atoms with van der Waals surface area (Å²) in [5.41, 5.74) is 1.32. The lowest BCUT2D eigenvalue weighted by Gasteiger charge is -1.93. The molecule has 0 atom stereocenters. The van der Waals surface area contributed by atoms with E-state index < -0.39 is 0 Å². The van der Waals surface area contributed by atoms with E-state index in [1.54, 1.807) is 24.3 Å². The van der Waals surface area contributed by atoms with Crippen LogP contribution in [0, 0.1) is 45.3 Å². The van der Waals surface area contributed by atoms with Gasteiger partial charge >= 0.3 is 0 Å². The molecule has 2 aliphatic carbocycles. The molecule has 0 fully saturated rings. The van der Waals surface area contributed by atoms with Gasteiger partial charge in [0.25, 0.3) is 0 Å². The first-order chi connectivity index (χ1) is 10.5. The highest BCUT2D eigenvalue weighted by molar-refractivity contribution is 9.11. The molecule has 102 valence electrons. The molecule has 0 aliphatic heterocycles. The van der Waals surface area contributed by atoms with Crippen LogP contribution in [0.1, 0.15) is 0 Å². The van der Waals surface area contributed by atoms with Crippen LogP contribution in [-0.2, 0) is 0 Å². The monoisotopic (exact) mass is 410 g/mol. The smallest absolute Gasteiger partial charge is 0.137 e. The summed E-state index contributed by atoms with van der Waals surface area (Å²) in [6.07, 6.45) is 0. The molecule has 0 bridgehead atoms. The maximum atomic E-state index is 9.09. The average Bonchev–Trinajstić information content (AvgIpc) is 2.69. The fourth-order valence-electron chi connectivity index (χ4n) is 2.03. The molecule has 6 heteroatoms. The predicted molar refractivity (Wildman–Crippen MR) is 87.0 cm³/mol. The van der Waals surface area contributed by atoms with E-state index in [0.29, 0.717) is 20.5 Å². The molecule has 0 aromatic rings. The van der Waals surface area contributed by atoms with Gasteiger partial charge in [0.1, 0.15) is 35.4 Å². The first-order valence-electron chi connectivity index (χ1n) is 5.83. The highest BCUT2D eigenvalue weighted by atomic mass is 79.9. The van der Waals surface area contributed by atoms with Crippen LogP contribution in [0.2, 0.25) is 0 Å². The first-order valence-corrected chi connectivity index (χ1v) is 7.42. The molecular formula is C16H4Br2N4. The number of halogens is 2. The zero-order valence-corrected chi connectivity index (χ0v) is 14.0. The van der Waals surface area contributed by atoms with Crippen molar-refractivity contribution in [3.05, 3.63) is 43.6 Å². The normalized spacial score (nSPS) is 9.18. The largest absolute Gasteiger partial charge is 0.192 e. The van der Waals surface area contributed by atoms with E-state index >= 15 is 0 Å². The van der Waals surface area contributed by atoms with Crippen LogP contribution in [0.15, 0.2) is 33.2 Å². The number of nitriles is 4. The quantitative estimate of drug-likeness (QED) is 0.665. The third kappa shape index (κ3) is 2.72. The molecule has 0 N–H and O–H groups in total. The number of fused-ring (bicyclic) bond motifs is 1. The number of hydrogen-bond donors (Lipinski definition) is 0. The van der Waals surface area contributed by atoms with Gasteiger partial charge in [-0.1, -0.05) is 31.9 Å². The Bertz CT molecular complexity index is 1010. The molecule has 0 radical (unpaired) electrons. The molecule has 2 aliphatic rings. The van der Waals surface area contributed by atoms with Crippen molar-refractivity contribution in [1.82, 2.24) is 0 Å². The van der Waals surface area contributed by atoms with E-state index in [4.69, 9.17) is 21.0 Å². The number of nitrogens with zero attached hydrogens (tertiary/aromatic N) is 4. The van der Waals surface area contributed by atoms with E-state index in [9.17, 15) is 0 Å². The Balaban J connectivity index is 3.16. The lowest BCUT2D eigenvalue weighted by Crippen LogP contribution is -2.07. The van der Waals surface area contributed by atoms with Crippen LogP contribution < -0.4 is 10.4 Å². The molecule has 0 saturated heterocycles. The van der Waals surface area contributed by atoms with Gasteiger partial charge in [0.2, 0.25) is 0 Å². The second-order valence-corrected chi connectivity index (χ2v) is 5.97. The lowest BCUT2D eigenvalue weighted by atomic mass is 10.1. The van der Waals surface area contributed by atoms with Gasteiger partial charge in [-0.15, -0.1) is 0 Å². The summed E-state index contributed by atoms with van der Waals surface area (Å²) in [7, 11) is 0. The molecule has 4 nitrogen and oxygen atoms in total. The minimum atomic E-state index is -0.0445. The lowest BCUT2D eigenvalue weighted by molar-refractivity contribution is 1.49. The second kappa shape index (κ2) is 6.42. The minimum absolute atomic E-state index is 0.0283. The van der Waals surface area contributed by atoms with Crippen LogP contribution in [0.25, 0.3) is 22.3 Å². The van der Waals surface area contributed by atoms with Gasteiger partial charge in [0.05, 0.1) is 0 Å². The van der Waals surface area contributed by atoms with Crippen LogP contribution in [0.3, 0.4) is 0 Å². The molecule has 2 rings (SSSR count). The fourth-order valence-corrected chi connectivity index (χ4v) is 3.07. The van der Waals surface area contributed by atoms with Crippen LogP contribution in [-0.4, -0.2) is 0 Å². The molecule has 0 unspecified atom stereocenters. The summed E-state index contributed by atoms with van der Waals surface area (Å²) in [6.45, 7) is 0. The summed E-state index contributed by atoms with van der Waals surface area (Å²) < 4.78 is 1.40. The maximum Gasteiger partial charge on any atom is 0.137 e. The molecule has 0 amide bonds. The predicted octanol–water partition coefficient (Wildman–Crippen LogP) is 2.71. The SMILES string of the molecule is N#CC(C#N)=c1cc(Br)cc2c(Br)cc(=C(C#N)C#N)c-2c1. The van der Waals surface area contributed by atoms with E-state index in [-0.39, 0.29) is 11.1 Å². The molecule has 0 aromatic heterocycles. The van der Waals surface area contributed by atoms with Crippen molar-refractivity contribution in [2.24, 2.45) is 0 Å². The van der Waals surface area contributed by atoms with Crippen molar-refractivity contribution in [2.75, 3.05) is 0 Å². The van der Waals surface area contributed by atoms with Gasteiger partial charge in [-0.05, 0) is 35.4 Å². The topological polar surface area (TPSA) is 95.2 Å².